The molecule has 2 aromatic carbocycles. The topological polar surface area (TPSA) is 97.6 Å². The molecule has 1 heterocycles. The second kappa shape index (κ2) is 7.10. The number of aliphatic carboxylic acids is 1. The van der Waals surface area contributed by atoms with Crippen LogP contribution in [0.15, 0.2) is 59.5 Å². The molecular formula is C19H16N2O5. The maximum Gasteiger partial charge on any atom is 0.322 e. The number of carbonyl (C=O) groups is 2. The van der Waals surface area contributed by atoms with Gasteiger partial charge in [0.2, 0.25) is 0 Å². The number of methoxy groups -OCH3 is 1. The molecule has 0 atom stereocenters. The summed E-state index contributed by atoms with van der Waals surface area (Å²) >= 11 is 0. The average Bonchev–Trinajstić information content (AvgIpc) is 2.66. The van der Waals surface area contributed by atoms with Crippen molar-refractivity contribution in [1.29, 1.82) is 0 Å². The minimum absolute atomic E-state index is 0.187. The van der Waals surface area contributed by atoms with Gasteiger partial charge in [-0.3, -0.25) is 19.0 Å². The van der Waals surface area contributed by atoms with E-state index < -0.39 is 18.4 Å². The van der Waals surface area contributed by atoms with E-state index in [4.69, 9.17) is 9.84 Å². The molecule has 0 aliphatic carbocycles. The number of hydrogen-bond acceptors (Lipinski definition) is 4. The van der Waals surface area contributed by atoms with Crippen molar-refractivity contribution in [2.75, 3.05) is 13.7 Å². The number of fused-ring (bicyclic) bond motifs is 1. The largest absolute Gasteiger partial charge is 0.497 e. The normalized spacial score (nSPS) is 10.5. The van der Waals surface area contributed by atoms with Crippen LogP contribution >= 0.6 is 0 Å². The predicted octanol–water partition coefficient (Wildman–Crippen LogP) is 1.81. The second-order valence-corrected chi connectivity index (χ2v) is 5.57. The Morgan fingerprint density at radius 2 is 1.85 bits per heavy atom. The highest BCUT2D eigenvalue weighted by atomic mass is 16.5. The van der Waals surface area contributed by atoms with Gasteiger partial charge < -0.3 is 15.2 Å². The van der Waals surface area contributed by atoms with Crippen molar-refractivity contribution in [1.82, 2.24) is 9.88 Å². The fraction of sp³-hybridized carbons (Fsp3) is 0.105. The number of carboxylic acids is 1. The lowest BCUT2D eigenvalue weighted by Crippen LogP contribution is -2.29. The molecule has 132 valence electrons. The van der Waals surface area contributed by atoms with Crippen LogP contribution in [0.4, 0.5) is 0 Å². The summed E-state index contributed by atoms with van der Waals surface area (Å²) in [4.78, 5) is 35.0. The zero-order valence-corrected chi connectivity index (χ0v) is 13.9. The van der Waals surface area contributed by atoms with Gasteiger partial charge in [0.1, 0.15) is 12.3 Å². The number of carbonyl (C=O) groups excluding carboxylic acids is 1. The summed E-state index contributed by atoms with van der Waals surface area (Å²) < 4.78 is 6.64. The van der Waals surface area contributed by atoms with Gasteiger partial charge in [-0.15, -0.1) is 0 Å². The first-order valence-electron chi connectivity index (χ1n) is 7.79. The Labute approximate surface area is 148 Å². The van der Waals surface area contributed by atoms with Crippen molar-refractivity contribution in [3.8, 4) is 11.4 Å². The van der Waals surface area contributed by atoms with E-state index in [1.165, 1.54) is 16.7 Å². The second-order valence-electron chi connectivity index (χ2n) is 5.57. The van der Waals surface area contributed by atoms with Gasteiger partial charge in [-0.1, -0.05) is 0 Å². The van der Waals surface area contributed by atoms with Gasteiger partial charge in [0.05, 0.1) is 7.11 Å². The maximum atomic E-state index is 12.7. The number of rotatable bonds is 5. The molecule has 7 heteroatoms. The molecule has 0 unspecified atom stereocenters. The first kappa shape index (κ1) is 17.2. The Morgan fingerprint density at radius 3 is 2.50 bits per heavy atom. The zero-order chi connectivity index (χ0) is 18.7. The molecule has 0 spiro atoms. The van der Waals surface area contributed by atoms with Gasteiger partial charge in [-0.05, 0) is 53.9 Å². The summed E-state index contributed by atoms with van der Waals surface area (Å²) in [6.45, 7) is -0.450. The molecule has 2 N–H and O–H groups in total. The van der Waals surface area contributed by atoms with Crippen LogP contribution < -0.4 is 15.6 Å². The molecule has 26 heavy (non-hydrogen) atoms. The van der Waals surface area contributed by atoms with Crippen LogP contribution in [-0.4, -0.2) is 35.2 Å². The Kier molecular flexibility index (Phi) is 4.70. The lowest BCUT2D eigenvalue weighted by Gasteiger charge is -2.09. The fourth-order valence-electron chi connectivity index (χ4n) is 2.59. The highest BCUT2D eigenvalue weighted by molar-refractivity contribution is 5.95. The van der Waals surface area contributed by atoms with Gasteiger partial charge in [0.15, 0.2) is 0 Å². The molecule has 0 saturated carbocycles. The first-order chi connectivity index (χ1) is 12.5. The Balaban J connectivity index is 1.92. The van der Waals surface area contributed by atoms with E-state index in [2.05, 4.69) is 5.32 Å². The lowest BCUT2D eigenvalue weighted by atomic mass is 10.1. The standard InChI is InChI=1S/C19H16N2O5/c1-26-15-6-7-16-13(10-15)8-9-21(19(16)25)14-4-2-12(3-5-14)18(24)20-11-17(22)23/h2-10H,11H2,1H3,(H,20,24)(H,22,23). The minimum Gasteiger partial charge on any atom is -0.497 e. The fourth-order valence-corrected chi connectivity index (χ4v) is 2.59. The van der Waals surface area contributed by atoms with E-state index in [1.807, 2.05) is 6.07 Å². The van der Waals surface area contributed by atoms with E-state index in [-0.39, 0.29) is 5.56 Å². The number of ether oxygens (including phenoxy) is 1. The number of nitrogens with zero attached hydrogens (tertiary/aromatic N) is 1. The summed E-state index contributed by atoms with van der Waals surface area (Å²) in [6, 6.07) is 13.4. The van der Waals surface area contributed by atoms with Gasteiger partial charge in [0.25, 0.3) is 11.5 Å². The number of amides is 1. The van der Waals surface area contributed by atoms with Crippen LogP contribution in [0.25, 0.3) is 16.5 Å². The molecule has 1 amide bonds. The molecular weight excluding hydrogens is 336 g/mol. The Hall–Kier alpha value is -3.61. The summed E-state index contributed by atoms with van der Waals surface area (Å²) in [5.41, 5.74) is 0.726. The number of benzene rings is 2. The quantitative estimate of drug-likeness (QED) is 0.730. The molecule has 3 aromatic rings. The third kappa shape index (κ3) is 3.41. The number of hydrogen-bond donors (Lipinski definition) is 2. The first-order valence-corrected chi connectivity index (χ1v) is 7.79. The van der Waals surface area contributed by atoms with E-state index in [9.17, 15) is 14.4 Å². The van der Waals surface area contributed by atoms with Crippen LogP contribution in [-0.2, 0) is 4.79 Å². The molecule has 0 aliphatic heterocycles. The highest BCUT2D eigenvalue weighted by Crippen LogP contribution is 2.19. The average molecular weight is 352 g/mol. The van der Waals surface area contributed by atoms with Crippen molar-refractivity contribution in [3.05, 3.63) is 70.6 Å². The van der Waals surface area contributed by atoms with E-state index in [0.29, 0.717) is 22.4 Å². The van der Waals surface area contributed by atoms with Crippen LogP contribution in [0.2, 0.25) is 0 Å². The summed E-state index contributed by atoms with van der Waals surface area (Å²) in [5, 5.41) is 12.2. The molecule has 0 radical (unpaired) electrons. The van der Waals surface area contributed by atoms with Crippen molar-refractivity contribution >= 4 is 22.6 Å². The van der Waals surface area contributed by atoms with Gasteiger partial charge >= 0.3 is 5.97 Å². The van der Waals surface area contributed by atoms with Gasteiger partial charge in [-0.2, -0.15) is 0 Å². The number of pyridine rings is 1. The molecule has 0 saturated heterocycles. The molecule has 3 rings (SSSR count). The molecule has 0 fully saturated rings. The van der Waals surface area contributed by atoms with E-state index >= 15 is 0 Å². The van der Waals surface area contributed by atoms with Crippen molar-refractivity contribution < 1.29 is 19.4 Å². The smallest absolute Gasteiger partial charge is 0.322 e. The Bertz CT molecular complexity index is 1040. The molecule has 1 aromatic heterocycles. The third-order valence-corrected chi connectivity index (χ3v) is 3.92. The number of nitrogens with one attached hydrogen (secondary N) is 1. The predicted molar refractivity (Wildman–Crippen MR) is 96.1 cm³/mol. The molecule has 0 aliphatic rings. The Morgan fingerprint density at radius 1 is 1.12 bits per heavy atom. The number of aromatic nitrogens is 1. The van der Waals surface area contributed by atoms with Crippen molar-refractivity contribution in [2.24, 2.45) is 0 Å². The van der Waals surface area contributed by atoms with Crippen molar-refractivity contribution in [3.63, 3.8) is 0 Å². The van der Waals surface area contributed by atoms with Crippen LogP contribution in [0.1, 0.15) is 10.4 Å². The van der Waals surface area contributed by atoms with Crippen molar-refractivity contribution in [2.45, 2.75) is 0 Å². The molecule has 7 nitrogen and oxygen atoms in total. The SMILES string of the molecule is COc1ccc2c(=O)n(-c3ccc(C(=O)NCC(=O)O)cc3)ccc2c1. The van der Waals surface area contributed by atoms with E-state index in [1.54, 1.807) is 43.6 Å². The maximum absolute atomic E-state index is 12.7. The van der Waals surface area contributed by atoms with Gasteiger partial charge in [0, 0.05) is 22.8 Å². The summed E-state index contributed by atoms with van der Waals surface area (Å²) in [5.74, 6) is -0.933. The van der Waals surface area contributed by atoms with Crippen LogP contribution in [0.3, 0.4) is 0 Å². The summed E-state index contributed by atoms with van der Waals surface area (Å²) in [7, 11) is 1.57. The molecule has 0 bridgehead atoms. The van der Waals surface area contributed by atoms with Gasteiger partial charge in [-0.25, -0.2) is 0 Å². The minimum atomic E-state index is -1.12. The van der Waals surface area contributed by atoms with E-state index in [0.717, 1.165) is 5.39 Å². The zero-order valence-electron chi connectivity index (χ0n) is 13.9. The monoisotopic (exact) mass is 352 g/mol. The third-order valence-electron chi connectivity index (χ3n) is 3.92. The lowest BCUT2D eigenvalue weighted by molar-refractivity contribution is -0.135. The summed E-state index contributed by atoms with van der Waals surface area (Å²) in [6.07, 6.45) is 1.66. The van der Waals surface area contributed by atoms with Crippen LogP contribution in [0, 0.1) is 0 Å². The van der Waals surface area contributed by atoms with Crippen LogP contribution in [0.5, 0.6) is 5.75 Å². The number of carboxylic acid groups (broad SMARTS) is 1. The highest BCUT2D eigenvalue weighted by Gasteiger charge is 2.09.